The van der Waals surface area contributed by atoms with E-state index in [2.05, 4.69) is 9.97 Å². The first-order valence-corrected chi connectivity index (χ1v) is 8.01. The standard InChI is InChI=1S/C17H18BF3N2O3/c1-15(2)16(3,4)26-18(25-15)12-9-22-14(23-10-12)24-13-7-5-11(6-8-13)17(19,20)21/h5-10H,1-4H3. The number of alkyl halides is 3. The highest BCUT2D eigenvalue weighted by atomic mass is 19.4. The minimum absolute atomic E-state index is 0.0185. The number of hydrogen-bond donors (Lipinski definition) is 0. The molecule has 1 aromatic heterocycles. The summed E-state index contributed by atoms with van der Waals surface area (Å²) in [5.74, 6) is 0.210. The summed E-state index contributed by atoms with van der Waals surface area (Å²) >= 11 is 0. The third kappa shape index (κ3) is 3.68. The summed E-state index contributed by atoms with van der Waals surface area (Å²) in [5.41, 5.74) is -1.08. The highest BCUT2D eigenvalue weighted by Crippen LogP contribution is 2.36. The third-order valence-corrected chi connectivity index (χ3v) is 4.56. The summed E-state index contributed by atoms with van der Waals surface area (Å²) in [6.45, 7) is 7.76. The molecule has 0 N–H and O–H groups in total. The minimum atomic E-state index is -4.39. The Morgan fingerprint density at radius 1 is 0.923 bits per heavy atom. The molecular weight excluding hydrogens is 348 g/mol. The van der Waals surface area contributed by atoms with Crippen LogP contribution in [0.4, 0.5) is 13.2 Å². The van der Waals surface area contributed by atoms with E-state index in [1.54, 1.807) is 0 Å². The van der Waals surface area contributed by atoms with Crippen LogP contribution in [0.2, 0.25) is 0 Å². The quantitative estimate of drug-likeness (QED) is 0.778. The summed E-state index contributed by atoms with van der Waals surface area (Å²) in [6, 6.07) is 4.33. The van der Waals surface area contributed by atoms with Gasteiger partial charge in [-0.3, -0.25) is 0 Å². The van der Waals surface area contributed by atoms with Crippen LogP contribution in [0.15, 0.2) is 36.7 Å². The SMILES string of the molecule is CC1(C)OB(c2cnc(Oc3ccc(C(F)(F)F)cc3)nc2)OC1(C)C. The second kappa shape index (κ2) is 6.24. The molecule has 0 spiro atoms. The zero-order chi connectivity index (χ0) is 19.2. The molecule has 2 heterocycles. The van der Waals surface area contributed by atoms with Gasteiger partial charge in [0.2, 0.25) is 0 Å². The fraction of sp³-hybridized carbons (Fsp3) is 0.412. The van der Waals surface area contributed by atoms with E-state index < -0.39 is 30.1 Å². The van der Waals surface area contributed by atoms with Gasteiger partial charge in [-0.25, -0.2) is 9.97 Å². The Morgan fingerprint density at radius 2 is 1.42 bits per heavy atom. The van der Waals surface area contributed by atoms with Gasteiger partial charge in [0.05, 0.1) is 16.8 Å². The van der Waals surface area contributed by atoms with Crippen molar-refractivity contribution in [1.82, 2.24) is 9.97 Å². The van der Waals surface area contributed by atoms with Crippen LogP contribution in [0.3, 0.4) is 0 Å². The van der Waals surface area contributed by atoms with Gasteiger partial charge >= 0.3 is 19.3 Å². The zero-order valence-electron chi connectivity index (χ0n) is 14.8. The molecule has 0 atom stereocenters. The van der Waals surface area contributed by atoms with Crippen LogP contribution in [0.25, 0.3) is 0 Å². The van der Waals surface area contributed by atoms with Crippen LogP contribution >= 0.6 is 0 Å². The molecule has 26 heavy (non-hydrogen) atoms. The van der Waals surface area contributed by atoms with Gasteiger partial charge in [-0.15, -0.1) is 0 Å². The molecule has 5 nitrogen and oxygen atoms in total. The van der Waals surface area contributed by atoms with Crippen LogP contribution in [-0.4, -0.2) is 28.3 Å². The maximum atomic E-state index is 12.6. The molecule has 1 fully saturated rings. The van der Waals surface area contributed by atoms with Crippen molar-refractivity contribution in [2.24, 2.45) is 0 Å². The van der Waals surface area contributed by atoms with Gasteiger partial charge < -0.3 is 14.0 Å². The highest BCUT2D eigenvalue weighted by molar-refractivity contribution is 6.61. The predicted molar refractivity (Wildman–Crippen MR) is 89.3 cm³/mol. The molecule has 3 rings (SSSR count). The van der Waals surface area contributed by atoms with Crippen LogP contribution in [-0.2, 0) is 15.5 Å². The Hall–Kier alpha value is -2.13. The lowest BCUT2D eigenvalue weighted by molar-refractivity contribution is -0.137. The van der Waals surface area contributed by atoms with Crippen LogP contribution < -0.4 is 10.2 Å². The number of benzene rings is 1. The first-order valence-electron chi connectivity index (χ1n) is 8.01. The molecule has 0 radical (unpaired) electrons. The van der Waals surface area contributed by atoms with Crippen molar-refractivity contribution in [3.05, 3.63) is 42.2 Å². The molecule has 138 valence electrons. The van der Waals surface area contributed by atoms with E-state index in [4.69, 9.17) is 14.0 Å². The van der Waals surface area contributed by atoms with Crippen molar-refractivity contribution in [1.29, 1.82) is 0 Å². The first kappa shape index (κ1) is 18.7. The number of ether oxygens (including phenoxy) is 1. The van der Waals surface area contributed by atoms with E-state index >= 15 is 0 Å². The Kier molecular flexibility index (Phi) is 4.48. The van der Waals surface area contributed by atoms with Crippen molar-refractivity contribution < 1.29 is 27.2 Å². The summed E-state index contributed by atoms with van der Waals surface area (Å²) in [5, 5.41) is 0. The number of halogens is 3. The van der Waals surface area contributed by atoms with E-state index in [1.807, 2.05) is 27.7 Å². The predicted octanol–water partition coefficient (Wildman–Crippen LogP) is 3.59. The lowest BCUT2D eigenvalue weighted by atomic mass is 9.81. The van der Waals surface area contributed by atoms with Gasteiger partial charge in [0.15, 0.2) is 0 Å². The van der Waals surface area contributed by atoms with Gasteiger partial charge in [0.1, 0.15) is 5.75 Å². The minimum Gasteiger partial charge on any atom is -0.424 e. The van der Waals surface area contributed by atoms with E-state index in [0.717, 1.165) is 12.1 Å². The van der Waals surface area contributed by atoms with Crippen LogP contribution in [0, 0.1) is 0 Å². The summed E-state index contributed by atoms with van der Waals surface area (Å²) < 4.78 is 54.9. The Morgan fingerprint density at radius 3 is 1.88 bits per heavy atom. The molecule has 0 amide bonds. The van der Waals surface area contributed by atoms with Crippen molar-refractivity contribution in [2.75, 3.05) is 0 Å². The lowest BCUT2D eigenvalue weighted by Crippen LogP contribution is -2.41. The molecule has 1 aromatic carbocycles. The van der Waals surface area contributed by atoms with E-state index in [0.29, 0.717) is 5.46 Å². The topological polar surface area (TPSA) is 53.5 Å². The molecule has 2 aromatic rings. The average molecular weight is 366 g/mol. The van der Waals surface area contributed by atoms with E-state index in [9.17, 15) is 13.2 Å². The Balaban J connectivity index is 1.69. The molecular formula is C17H18BF3N2O3. The first-order chi connectivity index (χ1) is 12.0. The van der Waals surface area contributed by atoms with Gasteiger partial charge in [-0.05, 0) is 52.0 Å². The largest absolute Gasteiger partial charge is 0.498 e. The average Bonchev–Trinajstić information content (AvgIpc) is 2.76. The molecule has 0 unspecified atom stereocenters. The van der Waals surface area contributed by atoms with Crippen molar-refractivity contribution in [2.45, 2.75) is 45.1 Å². The number of rotatable bonds is 3. The fourth-order valence-electron chi connectivity index (χ4n) is 2.30. The zero-order valence-corrected chi connectivity index (χ0v) is 14.8. The molecule has 1 aliphatic heterocycles. The maximum Gasteiger partial charge on any atom is 0.498 e. The van der Waals surface area contributed by atoms with Crippen molar-refractivity contribution in [3.8, 4) is 11.8 Å². The summed E-state index contributed by atoms with van der Waals surface area (Å²) in [6.07, 6.45) is -1.37. The van der Waals surface area contributed by atoms with Crippen LogP contribution in [0.5, 0.6) is 11.8 Å². The van der Waals surface area contributed by atoms with Gasteiger partial charge in [-0.1, -0.05) is 0 Å². The second-order valence-electron chi connectivity index (χ2n) is 7.01. The van der Waals surface area contributed by atoms with Gasteiger partial charge in [0.25, 0.3) is 0 Å². The highest BCUT2D eigenvalue weighted by Gasteiger charge is 2.51. The Labute approximate surface area is 149 Å². The van der Waals surface area contributed by atoms with Crippen LogP contribution in [0.1, 0.15) is 33.3 Å². The summed E-state index contributed by atoms with van der Waals surface area (Å²) in [4.78, 5) is 8.14. The summed E-state index contributed by atoms with van der Waals surface area (Å²) in [7, 11) is -0.597. The second-order valence-corrected chi connectivity index (χ2v) is 7.01. The fourth-order valence-corrected chi connectivity index (χ4v) is 2.30. The molecule has 1 saturated heterocycles. The molecule has 1 aliphatic rings. The lowest BCUT2D eigenvalue weighted by Gasteiger charge is -2.32. The van der Waals surface area contributed by atoms with Gasteiger partial charge in [-0.2, -0.15) is 13.2 Å². The molecule has 9 heteroatoms. The number of aromatic nitrogens is 2. The smallest absolute Gasteiger partial charge is 0.424 e. The third-order valence-electron chi connectivity index (χ3n) is 4.56. The maximum absolute atomic E-state index is 12.6. The van der Waals surface area contributed by atoms with Gasteiger partial charge in [0, 0.05) is 17.9 Å². The molecule has 0 bridgehead atoms. The monoisotopic (exact) mass is 366 g/mol. The van der Waals surface area contributed by atoms with Crippen molar-refractivity contribution in [3.63, 3.8) is 0 Å². The molecule has 0 aliphatic carbocycles. The number of nitrogens with zero attached hydrogens (tertiary/aromatic N) is 2. The van der Waals surface area contributed by atoms with E-state index in [1.165, 1.54) is 24.5 Å². The van der Waals surface area contributed by atoms with E-state index in [-0.39, 0.29) is 11.8 Å². The van der Waals surface area contributed by atoms with Crippen molar-refractivity contribution >= 4 is 12.6 Å². The normalized spacial score (nSPS) is 18.8. The Bertz CT molecular complexity index is 761. The number of hydrogen-bond acceptors (Lipinski definition) is 5. The molecule has 0 saturated carbocycles.